The summed E-state index contributed by atoms with van der Waals surface area (Å²) in [6.07, 6.45) is 1.78. The molecule has 0 bridgehead atoms. The average molecular weight is 415 g/mol. The van der Waals surface area contributed by atoms with E-state index >= 15 is 0 Å². The lowest BCUT2D eigenvalue weighted by atomic mass is 9.93. The number of ether oxygens (including phenoxy) is 1. The molecule has 0 spiro atoms. The van der Waals surface area contributed by atoms with Gasteiger partial charge in [0, 0.05) is 11.6 Å². The minimum Gasteiger partial charge on any atom is -0.378 e. The van der Waals surface area contributed by atoms with Crippen LogP contribution >= 0.6 is 32.8 Å². The van der Waals surface area contributed by atoms with Gasteiger partial charge >= 0.3 is 0 Å². The third kappa shape index (κ3) is 3.83. The molecule has 2 atom stereocenters. The second-order valence-corrected chi connectivity index (χ2v) is 10.9. The molecule has 0 amide bonds. The van der Waals surface area contributed by atoms with Crippen molar-refractivity contribution < 1.29 is 13.2 Å². The van der Waals surface area contributed by atoms with Gasteiger partial charge in [-0.05, 0) is 43.9 Å². The molecule has 0 aromatic heterocycles. The first-order chi connectivity index (χ1) is 8.80. The average Bonchev–Trinajstić information content (AvgIpc) is 2.31. The minimum absolute atomic E-state index is 0.0514. The summed E-state index contributed by atoms with van der Waals surface area (Å²) in [4.78, 5) is 0. The lowest BCUT2D eigenvalue weighted by Crippen LogP contribution is -2.43. The minimum atomic E-state index is -3.09. The van der Waals surface area contributed by atoms with Gasteiger partial charge in [-0.1, -0.05) is 23.7 Å². The zero-order valence-electron chi connectivity index (χ0n) is 10.6. The van der Waals surface area contributed by atoms with Crippen molar-refractivity contribution in [2.75, 3.05) is 6.61 Å². The molecule has 1 aromatic rings. The van der Waals surface area contributed by atoms with E-state index in [1.54, 1.807) is 21.2 Å². The highest BCUT2D eigenvalue weighted by Crippen LogP contribution is 2.36. The lowest BCUT2D eigenvalue weighted by Gasteiger charge is -2.36. The first-order valence-corrected chi connectivity index (χ1v) is 10.5. The van der Waals surface area contributed by atoms with E-state index in [-0.39, 0.29) is 6.10 Å². The van der Waals surface area contributed by atoms with Gasteiger partial charge in [-0.2, -0.15) is 0 Å². The molecule has 1 heterocycles. The largest absolute Gasteiger partial charge is 0.378 e. The van der Waals surface area contributed by atoms with E-state index in [2.05, 4.69) is 0 Å². The third-order valence-electron chi connectivity index (χ3n) is 3.61. The van der Waals surface area contributed by atoms with Gasteiger partial charge < -0.3 is 4.74 Å². The zero-order chi connectivity index (χ0) is 14.1. The number of benzene rings is 1. The standard InChI is InChI=1S/C13H16ClIO3S/c1-13(19(15,16)17)6-7-18-12(9-13)8-10-2-4-11(14)5-3-10/h2-5,12H,6-9H2,1H3. The van der Waals surface area contributed by atoms with E-state index in [1.807, 2.05) is 31.2 Å². The fourth-order valence-electron chi connectivity index (χ4n) is 2.32. The summed E-state index contributed by atoms with van der Waals surface area (Å²) in [6, 6.07) is 7.59. The van der Waals surface area contributed by atoms with Crippen LogP contribution in [0.1, 0.15) is 25.3 Å². The maximum atomic E-state index is 11.9. The quantitative estimate of drug-likeness (QED) is 0.561. The zero-order valence-corrected chi connectivity index (χ0v) is 14.3. The Morgan fingerprint density at radius 1 is 1.42 bits per heavy atom. The van der Waals surface area contributed by atoms with Crippen LogP contribution in [0.3, 0.4) is 0 Å². The molecular formula is C13H16ClIO3S. The highest BCUT2D eigenvalue weighted by atomic mass is 127. The smallest absolute Gasteiger partial charge is 0.208 e. The second kappa shape index (κ2) is 5.87. The highest BCUT2D eigenvalue weighted by Gasteiger charge is 2.42. The van der Waals surface area contributed by atoms with Crippen LogP contribution in [0.15, 0.2) is 24.3 Å². The summed E-state index contributed by atoms with van der Waals surface area (Å²) in [5.74, 6) is 0. The van der Waals surface area contributed by atoms with Gasteiger partial charge in [0.15, 0.2) is 0 Å². The van der Waals surface area contributed by atoms with Gasteiger partial charge in [-0.3, -0.25) is 0 Å². The molecule has 3 nitrogen and oxygen atoms in total. The Morgan fingerprint density at radius 3 is 2.63 bits per heavy atom. The molecule has 1 aliphatic rings. The molecule has 2 unspecified atom stereocenters. The Labute approximate surface area is 131 Å². The molecule has 0 N–H and O–H groups in total. The molecule has 1 saturated heterocycles. The van der Waals surface area contributed by atoms with Crippen LogP contribution in [0.2, 0.25) is 5.02 Å². The Kier molecular flexibility index (Phi) is 4.80. The molecule has 1 fully saturated rings. The first-order valence-electron chi connectivity index (χ1n) is 6.10. The molecule has 2 rings (SSSR count). The summed E-state index contributed by atoms with van der Waals surface area (Å²) in [7, 11) is -3.09. The van der Waals surface area contributed by atoms with Crippen molar-refractivity contribution in [2.45, 2.75) is 37.0 Å². The topological polar surface area (TPSA) is 43.4 Å². The fraction of sp³-hybridized carbons (Fsp3) is 0.538. The van der Waals surface area contributed by atoms with Crippen molar-refractivity contribution in [1.82, 2.24) is 0 Å². The molecule has 1 aromatic carbocycles. The van der Waals surface area contributed by atoms with Gasteiger partial charge in [-0.25, -0.2) is 8.42 Å². The van der Waals surface area contributed by atoms with Crippen molar-refractivity contribution >= 4 is 39.8 Å². The number of halogens is 2. The molecule has 1 aliphatic heterocycles. The maximum Gasteiger partial charge on any atom is 0.208 e. The van der Waals surface area contributed by atoms with E-state index in [4.69, 9.17) is 16.3 Å². The molecule has 19 heavy (non-hydrogen) atoms. The SMILES string of the molecule is CC1(S(=O)(=O)I)CCOC(Cc2ccc(Cl)cc2)C1. The van der Waals surface area contributed by atoms with Crippen LogP contribution in [0.5, 0.6) is 0 Å². The summed E-state index contributed by atoms with van der Waals surface area (Å²) in [5.41, 5.74) is 1.12. The highest BCUT2D eigenvalue weighted by molar-refractivity contribution is 14.2. The molecule has 0 radical (unpaired) electrons. The Morgan fingerprint density at radius 2 is 2.05 bits per heavy atom. The molecule has 106 valence electrons. The van der Waals surface area contributed by atoms with E-state index in [1.165, 1.54) is 0 Å². The Balaban J connectivity index is 2.08. The van der Waals surface area contributed by atoms with Crippen LogP contribution in [-0.4, -0.2) is 25.9 Å². The lowest BCUT2D eigenvalue weighted by molar-refractivity contribution is 0.00296. The molecule has 0 saturated carbocycles. The number of rotatable bonds is 3. The summed E-state index contributed by atoms with van der Waals surface area (Å²) < 4.78 is 28.8. The summed E-state index contributed by atoms with van der Waals surface area (Å²) in [5, 5.41) is 0.702. The molecular weight excluding hydrogens is 399 g/mol. The van der Waals surface area contributed by atoms with Gasteiger partial charge in [0.1, 0.15) is 0 Å². The van der Waals surface area contributed by atoms with Crippen molar-refractivity contribution in [3.8, 4) is 0 Å². The van der Waals surface area contributed by atoms with Crippen LogP contribution in [0, 0.1) is 0 Å². The van der Waals surface area contributed by atoms with E-state index in [9.17, 15) is 8.42 Å². The van der Waals surface area contributed by atoms with E-state index < -0.39 is 11.8 Å². The van der Waals surface area contributed by atoms with Crippen LogP contribution in [-0.2, 0) is 18.2 Å². The first kappa shape index (κ1) is 15.5. The van der Waals surface area contributed by atoms with Gasteiger partial charge in [0.25, 0.3) is 0 Å². The molecule has 0 aliphatic carbocycles. The molecule has 6 heteroatoms. The summed E-state index contributed by atoms with van der Waals surface area (Å²) in [6.45, 7) is 2.31. The number of hydrogen-bond acceptors (Lipinski definition) is 3. The Bertz CT molecular complexity index is 544. The van der Waals surface area contributed by atoms with Crippen molar-refractivity contribution in [3.05, 3.63) is 34.9 Å². The van der Waals surface area contributed by atoms with Crippen molar-refractivity contribution in [1.29, 1.82) is 0 Å². The van der Waals surface area contributed by atoms with Gasteiger partial charge in [0.2, 0.25) is 7.01 Å². The van der Waals surface area contributed by atoms with Crippen LogP contribution in [0.4, 0.5) is 0 Å². The fourth-order valence-corrected chi connectivity index (χ4v) is 4.36. The monoisotopic (exact) mass is 414 g/mol. The predicted octanol–water partition coefficient (Wildman–Crippen LogP) is 3.59. The van der Waals surface area contributed by atoms with Crippen molar-refractivity contribution in [2.24, 2.45) is 0 Å². The Hall–Kier alpha value is 0.150. The van der Waals surface area contributed by atoms with Gasteiger partial charge in [0.05, 0.1) is 32.1 Å². The predicted molar refractivity (Wildman–Crippen MR) is 85.5 cm³/mol. The van der Waals surface area contributed by atoms with Crippen LogP contribution in [0.25, 0.3) is 0 Å². The van der Waals surface area contributed by atoms with E-state index in [0.717, 1.165) is 12.0 Å². The van der Waals surface area contributed by atoms with Gasteiger partial charge in [-0.15, -0.1) is 0 Å². The summed E-state index contributed by atoms with van der Waals surface area (Å²) >= 11 is 7.41. The normalized spacial score (nSPS) is 28.3. The number of hydrogen-bond donors (Lipinski definition) is 0. The van der Waals surface area contributed by atoms with Crippen molar-refractivity contribution in [3.63, 3.8) is 0 Å². The van der Waals surface area contributed by atoms with Crippen LogP contribution < -0.4 is 0 Å². The second-order valence-electron chi connectivity index (χ2n) is 5.17. The van der Waals surface area contributed by atoms with E-state index in [0.29, 0.717) is 24.5 Å². The maximum absolute atomic E-state index is 11.9. The third-order valence-corrected chi connectivity index (χ3v) is 8.60.